The first-order valence-corrected chi connectivity index (χ1v) is 7.40. The summed E-state index contributed by atoms with van der Waals surface area (Å²) in [5, 5.41) is 3.75. The Kier molecular flexibility index (Phi) is 4.93. The van der Waals surface area contributed by atoms with Crippen molar-refractivity contribution < 1.29 is 9.53 Å². The predicted molar refractivity (Wildman–Crippen MR) is 80.3 cm³/mol. The molecule has 0 bridgehead atoms. The lowest BCUT2D eigenvalue weighted by Crippen LogP contribution is -2.26. The van der Waals surface area contributed by atoms with Gasteiger partial charge in [0.1, 0.15) is 11.2 Å². The highest BCUT2D eigenvalue weighted by Gasteiger charge is 2.05. The van der Waals surface area contributed by atoms with Crippen LogP contribution in [0.5, 0.6) is 0 Å². The molecule has 1 aromatic heterocycles. The van der Waals surface area contributed by atoms with E-state index in [9.17, 15) is 4.79 Å². The number of nitrogens with zero attached hydrogens (tertiary/aromatic N) is 1. The van der Waals surface area contributed by atoms with Gasteiger partial charge in [-0.1, -0.05) is 48.9 Å². The van der Waals surface area contributed by atoms with Crippen molar-refractivity contribution in [2.45, 2.75) is 19.9 Å². The van der Waals surface area contributed by atoms with E-state index in [0.29, 0.717) is 19.7 Å². The Morgan fingerprint density at radius 1 is 1.47 bits per heavy atom. The Labute approximate surface area is 121 Å². The molecule has 0 fully saturated rings. The lowest BCUT2D eigenvalue weighted by molar-refractivity contribution is 0.143. The number of alkyl carbamates (subject to hydrolysis) is 1. The lowest BCUT2D eigenvalue weighted by Gasteiger charge is -2.06. The second-order valence-electron chi connectivity index (χ2n) is 4.06. The highest BCUT2D eigenvalue weighted by atomic mass is 32.1. The molecule has 1 amide bonds. The molecule has 0 spiro atoms. The van der Waals surface area contributed by atoms with Gasteiger partial charge in [-0.3, -0.25) is 3.96 Å². The van der Waals surface area contributed by atoms with Crippen molar-refractivity contribution in [3.63, 3.8) is 0 Å². The second-order valence-corrected chi connectivity index (χ2v) is 5.51. The number of rotatable bonds is 5. The average Bonchev–Trinajstić information content (AvgIpc) is 2.74. The molecular formula is C13H16N2O2S2. The molecular weight excluding hydrogens is 280 g/mol. The molecule has 0 aliphatic carbocycles. The third-order valence-corrected chi connectivity index (χ3v) is 4.29. The van der Waals surface area contributed by atoms with Gasteiger partial charge in [0.15, 0.2) is 0 Å². The molecule has 6 heteroatoms. The Morgan fingerprint density at radius 3 is 3.00 bits per heavy atom. The quantitative estimate of drug-likeness (QED) is 0.858. The van der Waals surface area contributed by atoms with E-state index >= 15 is 0 Å². The Bertz CT molecular complexity index is 618. The van der Waals surface area contributed by atoms with Crippen molar-refractivity contribution in [1.82, 2.24) is 9.27 Å². The number of benzene rings is 1. The lowest BCUT2D eigenvalue weighted by atomic mass is 10.3. The van der Waals surface area contributed by atoms with Crippen LogP contribution in [0.2, 0.25) is 0 Å². The van der Waals surface area contributed by atoms with Gasteiger partial charge in [-0.05, 0) is 12.5 Å². The van der Waals surface area contributed by atoms with E-state index in [4.69, 9.17) is 17.0 Å². The zero-order chi connectivity index (χ0) is 13.7. The van der Waals surface area contributed by atoms with Crippen LogP contribution in [-0.4, -0.2) is 23.2 Å². The molecule has 0 unspecified atom stereocenters. The van der Waals surface area contributed by atoms with E-state index in [-0.39, 0.29) is 6.09 Å². The summed E-state index contributed by atoms with van der Waals surface area (Å²) in [7, 11) is 0. The van der Waals surface area contributed by atoms with E-state index in [1.807, 2.05) is 35.1 Å². The zero-order valence-electron chi connectivity index (χ0n) is 10.7. The summed E-state index contributed by atoms with van der Waals surface area (Å²) in [6.07, 6.45) is 0.533. The first-order valence-electron chi connectivity index (χ1n) is 6.22. The van der Waals surface area contributed by atoms with Gasteiger partial charge in [-0.15, -0.1) is 0 Å². The summed E-state index contributed by atoms with van der Waals surface area (Å²) in [4.78, 5) is 11.3. The summed E-state index contributed by atoms with van der Waals surface area (Å²) >= 11 is 6.99. The van der Waals surface area contributed by atoms with Crippen LogP contribution in [0, 0.1) is 4.64 Å². The minimum absolute atomic E-state index is 0.330. The number of carbonyl (C=O) groups is 1. The molecule has 0 saturated heterocycles. The predicted octanol–water partition coefficient (Wildman–Crippen LogP) is 3.57. The van der Waals surface area contributed by atoms with Crippen LogP contribution < -0.4 is 5.32 Å². The van der Waals surface area contributed by atoms with Crippen molar-refractivity contribution in [3.05, 3.63) is 28.9 Å². The van der Waals surface area contributed by atoms with Crippen molar-refractivity contribution in [2.75, 3.05) is 13.2 Å². The number of hydrogen-bond acceptors (Lipinski definition) is 4. The van der Waals surface area contributed by atoms with Gasteiger partial charge in [0, 0.05) is 11.9 Å². The van der Waals surface area contributed by atoms with E-state index in [0.717, 1.165) is 21.1 Å². The van der Waals surface area contributed by atoms with Crippen LogP contribution in [0.15, 0.2) is 24.3 Å². The zero-order valence-corrected chi connectivity index (χ0v) is 12.4. The van der Waals surface area contributed by atoms with Gasteiger partial charge in [0.05, 0.1) is 11.2 Å². The number of carbonyl (C=O) groups excluding carboxylic acids is 1. The maximum atomic E-state index is 11.3. The molecule has 1 N–H and O–H groups in total. The molecule has 0 aliphatic rings. The number of fused-ring (bicyclic) bond motifs is 1. The molecule has 1 heterocycles. The van der Waals surface area contributed by atoms with Gasteiger partial charge in [-0.2, -0.15) is 0 Å². The molecule has 0 radical (unpaired) electrons. The van der Waals surface area contributed by atoms with Gasteiger partial charge < -0.3 is 10.1 Å². The smallest absolute Gasteiger partial charge is 0.407 e. The average molecular weight is 296 g/mol. The molecule has 0 aliphatic heterocycles. The maximum absolute atomic E-state index is 11.3. The van der Waals surface area contributed by atoms with Crippen molar-refractivity contribution in [2.24, 2.45) is 0 Å². The Balaban J connectivity index is 1.93. The van der Waals surface area contributed by atoms with Crippen molar-refractivity contribution in [1.29, 1.82) is 0 Å². The molecule has 0 atom stereocenters. The highest BCUT2D eigenvalue weighted by Crippen LogP contribution is 2.22. The van der Waals surface area contributed by atoms with Crippen molar-refractivity contribution >= 4 is 39.9 Å². The SMILES string of the molecule is CCCNC(=O)OCCn1sc2ccccc2c1=S. The summed E-state index contributed by atoms with van der Waals surface area (Å²) < 4.78 is 9.03. The minimum Gasteiger partial charge on any atom is -0.448 e. The van der Waals surface area contributed by atoms with Crippen LogP contribution in [0.25, 0.3) is 10.1 Å². The molecule has 2 rings (SSSR count). The van der Waals surface area contributed by atoms with E-state index in [1.54, 1.807) is 11.5 Å². The molecule has 19 heavy (non-hydrogen) atoms. The molecule has 0 saturated carbocycles. The molecule has 1 aromatic carbocycles. The van der Waals surface area contributed by atoms with Crippen LogP contribution in [0.3, 0.4) is 0 Å². The fourth-order valence-electron chi connectivity index (χ4n) is 1.66. The van der Waals surface area contributed by atoms with E-state index in [1.165, 1.54) is 0 Å². The summed E-state index contributed by atoms with van der Waals surface area (Å²) in [5.41, 5.74) is 0. The maximum Gasteiger partial charge on any atom is 0.407 e. The van der Waals surface area contributed by atoms with Gasteiger partial charge in [-0.25, -0.2) is 4.79 Å². The summed E-state index contributed by atoms with van der Waals surface area (Å²) in [6.45, 7) is 3.56. The number of hydrogen-bond donors (Lipinski definition) is 1. The third-order valence-electron chi connectivity index (χ3n) is 2.60. The fourth-order valence-corrected chi connectivity index (χ4v) is 3.10. The number of nitrogens with one attached hydrogen (secondary N) is 1. The Hall–Kier alpha value is -1.40. The Morgan fingerprint density at radius 2 is 2.26 bits per heavy atom. The first kappa shape index (κ1) is 14.0. The topological polar surface area (TPSA) is 43.3 Å². The fraction of sp³-hybridized carbons (Fsp3) is 0.385. The number of amides is 1. The first-order chi connectivity index (χ1) is 9.22. The summed E-state index contributed by atoms with van der Waals surface area (Å²) in [6, 6.07) is 8.02. The summed E-state index contributed by atoms with van der Waals surface area (Å²) in [5.74, 6) is 0. The van der Waals surface area contributed by atoms with E-state index in [2.05, 4.69) is 5.32 Å². The van der Waals surface area contributed by atoms with Gasteiger partial charge in [0.25, 0.3) is 0 Å². The normalized spacial score (nSPS) is 10.6. The van der Waals surface area contributed by atoms with Crippen LogP contribution in [0.4, 0.5) is 4.79 Å². The second kappa shape index (κ2) is 6.68. The molecule has 2 aromatic rings. The largest absolute Gasteiger partial charge is 0.448 e. The molecule has 102 valence electrons. The molecule has 4 nitrogen and oxygen atoms in total. The minimum atomic E-state index is -0.366. The number of aromatic nitrogens is 1. The van der Waals surface area contributed by atoms with Crippen LogP contribution >= 0.6 is 23.8 Å². The van der Waals surface area contributed by atoms with Crippen LogP contribution in [0.1, 0.15) is 13.3 Å². The van der Waals surface area contributed by atoms with Crippen molar-refractivity contribution in [3.8, 4) is 0 Å². The number of ether oxygens (including phenoxy) is 1. The third kappa shape index (κ3) is 3.54. The highest BCUT2D eigenvalue weighted by molar-refractivity contribution is 7.71. The monoisotopic (exact) mass is 296 g/mol. The van der Waals surface area contributed by atoms with Gasteiger partial charge in [0.2, 0.25) is 0 Å². The van der Waals surface area contributed by atoms with E-state index < -0.39 is 0 Å². The standard InChI is InChI=1S/C13H16N2O2S2/c1-2-7-14-13(16)17-9-8-15-12(18)10-5-3-4-6-11(10)19-15/h3-6H,2,7-9H2,1H3,(H,14,16). The van der Waals surface area contributed by atoms with Gasteiger partial charge >= 0.3 is 6.09 Å². The van der Waals surface area contributed by atoms with Crippen LogP contribution in [-0.2, 0) is 11.3 Å².